The van der Waals surface area contributed by atoms with Gasteiger partial charge in [0.2, 0.25) is 0 Å². The molecular weight excluding hydrogens is 220 g/mol. The van der Waals surface area contributed by atoms with Gasteiger partial charge in [0.1, 0.15) is 0 Å². The molecule has 0 spiro atoms. The number of aliphatic carboxylic acids is 2. The minimum Gasteiger partial charge on any atom is -0.481 e. The quantitative estimate of drug-likeness (QED) is 0.579. The second kappa shape index (κ2) is 16.0. The molecule has 0 aliphatic carbocycles. The summed E-state index contributed by atoms with van der Waals surface area (Å²) in [6, 6.07) is 0. The van der Waals surface area contributed by atoms with E-state index in [-0.39, 0.29) is 34.4 Å². The molecule has 0 saturated heterocycles. The van der Waals surface area contributed by atoms with Crippen LogP contribution < -0.4 is 0 Å². The third kappa shape index (κ3) is 6030000. The molecule has 0 saturated carbocycles. The Morgan fingerprint density at radius 2 is 1.00 bits per heavy atom. The van der Waals surface area contributed by atoms with Gasteiger partial charge >= 0.3 is 0 Å². The largest absolute Gasteiger partial charge is 0.481 e. The Kier molecular flexibility index (Phi) is 36.0. The molecule has 0 aromatic rings. The van der Waals surface area contributed by atoms with E-state index in [1.54, 1.807) is 0 Å². The Hall–Kier alpha value is -0.00805. The Balaban J connectivity index is -0.0000000300. The van der Waals surface area contributed by atoms with Gasteiger partial charge in [0.15, 0.2) is 0 Å². The first-order chi connectivity index (χ1) is 3.46. The van der Waals surface area contributed by atoms with Crippen molar-refractivity contribution in [2.75, 3.05) is 0 Å². The summed E-state index contributed by atoms with van der Waals surface area (Å²) in [5.41, 5.74) is 0. The zero-order chi connectivity index (χ0) is 7.15. The zero-order valence-electron chi connectivity index (χ0n) is 5.47. The van der Waals surface area contributed by atoms with Gasteiger partial charge in [-0.1, -0.05) is 0 Å². The van der Waals surface area contributed by atoms with E-state index in [1.165, 1.54) is 0 Å². The minimum absolute atomic E-state index is 0. The SMILES string of the molecule is CC(=O)O.CC(=O)O.[Cr].[Fe]. The summed E-state index contributed by atoms with van der Waals surface area (Å²) in [6.07, 6.45) is 0. The molecule has 0 rings (SSSR count). The van der Waals surface area contributed by atoms with Crippen molar-refractivity contribution in [1.29, 1.82) is 0 Å². The summed E-state index contributed by atoms with van der Waals surface area (Å²) in [6.45, 7) is 2.17. The normalized spacial score (nSPS) is 5.00. The van der Waals surface area contributed by atoms with E-state index in [0.717, 1.165) is 13.8 Å². The number of hydrogen-bond donors (Lipinski definition) is 2. The summed E-state index contributed by atoms with van der Waals surface area (Å²) < 4.78 is 0. The summed E-state index contributed by atoms with van der Waals surface area (Å²) in [4.78, 5) is 18.0. The Labute approximate surface area is 80.2 Å². The maximum atomic E-state index is 9.00. The molecule has 0 aliphatic rings. The summed E-state index contributed by atoms with van der Waals surface area (Å²) in [5.74, 6) is -1.67. The molecule has 2 N–H and O–H groups in total. The molecule has 0 amide bonds. The number of carboxylic acid groups (broad SMARTS) is 2. The van der Waals surface area contributed by atoms with Crippen LogP contribution in [-0.2, 0) is 44.0 Å². The van der Waals surface area contributed by atoms with E-state index >= 15 is 0 Å². The molecule has 0 unspecified atom stereocenters. The van der Waals surface area contributed by atoms with Crippen LogP contribution >= 0.6 is 0 Å². The molecule has 4 nitrogen and oxygen atoms in total. The number of rotatable bonds is 0. The van der Waals surface area contributed by atoms with Crippen LogP contribution in [0.4, 0.5) is 0 Å². The van der Waals surface area contributed by atoms with Crippen molar-refractivity contribution < 1.29 is 54.2 Å². The fourth-order valence-electron chi connectivity index (χ4n) is 0. The maximum Gasteiger partial charge on any atom is 0.300 e. The van der Waals surface area contributed by atoms with Crippen molar-refractivity contribution in [3.8, 4) is 0 Å². The van der Waals surface area contributed by atoms with Gasteiger partial charge in [-0.2, -0.15) is 0 Å². The van der Waals surface area contributed by atoms with Gasteiger partial charge in [-0.25, -0.2) is 0 Å². The average Bonchev–Trinajstić information content (AvgIpc) is 1.25. The van der Waals surface area contributed by atoms with Gasteiger partial charge < -0.3 is 10.2 Å². The van der Waals surface area contributed by atoms with E-state index in [9.17, 15) is 0 Å². The monoisotopic (exact) mass is 228 g/mol. The summed E-state index contributed by atoms with van der Waals surface area (Å²) in [7, 11) is 0. The van der Waals surface area contributed by atoms with Crippen molar-refractivity contribution in [2.45, 2.75) is 13.8 Å². The van der Waals surface area contributed by atoms with Gasteiger partial charge in [-0.3, -0.25) is 9.59 Å². The van der Waals surface area contributed by atoms with Crippen molar-refractivity contribution in [3.63, 3.8) is 0 Å². The van der Waals surface area contributed by atoms with E-state index in [2.05, 4.69) is 0 Å². The van der Waals surface area contributed by atoms with Crippen LogP contribution in [0.3, 0.4) is 0 Å². The second-order valence-corrected chi connectivity index (χ2v) is 1.04. The van der Waals surface area contributed by atoms with Crippen LogP contribution in [0.2, 0.25) is 0 Å². The van der Waals surface area contributed by atoms with Crippen molar-refractivity contribution in [1.82, 2.24) is 0 Å². The van der Waals surface area contributed by atoms with Crippen LogP contribution in [0.5, 0.6) is 0 Å². The minimum atomic E-state index is -0.833. The molecule has 0 bridgehead atoms. The second-order valence-electron chi connectivity index (χ2n) is 1.04. The molecule has 0 fully saturated rings. The predicted molar refractivity (Wildman–Crippen MR) is 26.6 cm³/mol. The molecule has 0 aromatic heterocycles. The van der Waals surface area contributed by atoms with Crippen LogP contribution in [-0.4, -0.2) is 22.2 Å². The first-order valence-corrected chi connectivity index (χ1v) is 1.86. The third-order valence-electron chi connectivity index (χ3n) is 0. The number of carboxylic acids is 2. The van der Waals surface area contributed by atoms with Crippen molar-refractivity contribution >= 4 is 11.9 Å². The molecule has 10 heavy (non-hydrogen) atoms. The number of hydrogen-bond acceptors (Lipinski definition) is 2. The standard InChI is InChI=1S/2C2H4O2.Cr.Fe/c2*1-2(3)4;;/h2*1H3,(H,3,4);;. The Morgan fingerprint density at radius 1 is 1.00 bits per heavy atom. The third-order valence-corrected chi connectivity index (χ3v) is 0. The van der Waals surface area contributed by atoms with E-state index in [0.29, 0.717) is 0 Å². The van der Waals surface area contributed by atoms with Crippen molar-refractivity contribution in [3.05, 3.63) is 0 Å². The van der Waals surface area contributed by atoms with E-state index < -0.39 is 11.9 Å². The van der Waals surface area contributed by atoms with Gasteiger partial charge in [0, 0.05) is 48.3 Å². The molecule has 0 aromatic carbocycles. The molecule has 62 valence electrons. The van der Waals surface area contributed by atoms with Gasteiger partial charge in [-0.05, 0) is 0 Å². The fraction of sp³-hybridized carbons (Fsp3) is 0.500. The fourth-order valence-corrected chi connectivity index (χ4v) is 0. The van der Waals surface area contributed by atoms with Gasteiger partial charge in [-0.15, -0.1) is 0 Å². The molecular formula is C4H8CrFeO4. The molecule has 0 radical (unpaired) electrons. The molecule has 0 heterocycles. The molecule has 0 aliphatic heterocycles. The van der Waals surface area contributed by atoms with Gasteiger partial charge in [0.25, 0.3) is 11.9 Å². The zero-order valence-corrected chi connectivity index (χ0v) is 7.85. The number of carbonyl (C=O) groups is 2. The Morgan fingerprint density at radius 3 is 1.00 bits per heavy atom. The first kappa shape index (κ1) is 22.5. The predicted octanol–water partition coefficient (Wildman–Crippen LogP) is 0.177. The van der Waals surface area contributed by atoms with Crippen LogP contribution in [0.25, 0.3) is 0 Å². The van der Waals surface area contributed by atoms with Gasteiger partial charge in [0.05, 0.1) is 0 Å². The topological polar surface area (TPSA) is 74.6 Å². The van der Waals surface area contributed by atoms with E-state index in [1.807, 2.05) is 0 Å². The van der Waals surface area contributed by atoms with Crippen LogP contribution in [0.1, 0.15) is 13.8 Å². The summed E-state index contributed by atoms with van der Waals surface area (Å²) in [5, 5.41) is 14.8. The van der Waals surface area contributed by atoms with Crippen LogP contribution in [0, 0.1) is 0 Å². The van der Waals surface area contributed by atoms with E-state index in [4.69, 9.17) is 19.8 Å². The smallest absolute Gasteiger partial charge is 0.300 e. The molecule has 0 atom stereocenters. The molecule has 6 heteroatoms. The summed E-state index contributed by atoms with van der Waals surface area (Å²) >= 11 is 0. The van der Waals surface area contributed by atoms with Crippen LogP contribution in [0.15, 0.2) is 0 Å². The average molecular weight is 228 g/mol. The van der Waals surface area contributed by atoms with Crippen molar-refractivity contribution in [2.24, 2.45) is 0 Å². The Bertz CT molecular complexity index is 75.3. The maximum absolute atomic E-state index is 9.00. The first-order valence-electron chi connectivity index (χ1n) is 1.86.